The minimum atomic E-state index is -0.330. The zero-order valence-electron chi connectivity index (χ0n) is 31.4. The van der Waals surface area contributed by atoms with Gasteiger partial charge in [0.25, 0.3) is 0 Å². The van der Waals surface area contributed by atoms with Gasteiger partial charge in [-0.1, -0.05) is 24.3 Å². The predicted octanol–water partition coefficient (Wildman–Crippen LogP) is 7.70. The zero-order chi connectivity index (χ0) is 37.3. The molecule has 9 rings (SSSR count). The average Bonchev–Trinajstić information content (AvgIpc) is 3.22. The number of hydrogen-bond donors (Lipinski definition) is 3. The Bertz CT molecular complexity index is 2190. The van der Waals surface area contributed by atoms with Gasteiger partial charge in [0.1, 0.15) is 18.1 Å². The highest BCUT2D eigenvalue weighted by atomic mass is 16.5. The number of ether oxygens (including phenoxy) is 1. The number of pyridine rings is 2. The van der Waals surface area contributed by atoms with E-state index in [2.05, 4.69) is 98.3 Å². The summed E-state index contributed by atoms with van der Waals surface area (Å²) in [6, 6.07) is 25.4. The second kappa shape index (κ2) is 15.2. The highest BCUT2D eigenvalue weighted by Crippen LogP contribution is 2.37. The summed E-state index contributed by atoms with van der Waals surface area (Å²) in [5, 5.41) is 11.6. The Labute approximate surface area is 322 Å². The molecule has 0 aliphatic carbocycles. The van der Waals surface area contributed by atoms with Gasteiger partial charge in [-0.15, -0.1) is 0 Å². The van der Waals surface area contributed by atoms with Crippen molar-refractivity contribution in [1.29, 1.82) is 0 Å². The lowest BCUT2D eigenvalue weighted by molar-refractivity contribution is -0.120. The van der Waals surface area contributed by atoms with Gasteiger partial charge in [-0.3, -0.25) is 15.0 Å². The van der Waals surface area contributed by atoms with Gasteiger partial charge in [0.2, 0.25) is 11.8 Å². The van der Waals surface area contributed by atoms with Crippen molar-refractivity contribution in [3.05, 3.63) is 96.3 Å². The van der Waals surface area contributed by atoms with Crippen molar-refractivity contribution in [2.75, 3.05) is 72.9 Å². The van der Waals surface area contributed by atoms with Crippen LogP contribution in [0.15, 0.2) is 85.2 Å². The molecular weight excluding hydrogens is 689 g/mol. The molecule has 0 spiro atoms. The number of nitrogens with one attached hydrogen (secondary N) is 3. The fourth-order valence-electron chi connectivity index (χ4n) is 8.72. The van der Waals surface area contributed by atoms with Crippen LogP contribution < -0.4 is 30.5 Å². The number of carbonyl (C=O) groups excluding carboxylic acids is 2. The predicted molar refractivity (Wildman–Crippen MR) is 219 cm³/mol. The maximum absolute atomic E-state index is 12.2. The summed E-state index contributed by atoms with van der Waals surface area (Å²) in [4.78, 5) is 39.9. The van der Waals surface area contributed by atoms with Crippen molar-refractivity contribution in [1.82, 2.24) is 20.2 Å². The smallest absolute Gasteiger partial charge is 0.328 e. The van der Waals surface area contributed by atoms with E-state index in [-0.39, 0.29) is 11.9 Å². The van der Waals surface area contributed by atoms with Crippen LogP contribution in [0.5, 0.6) is 5.88 Å². The third-order valence-corrected chi connectivity index (χ3v) is 11.9. The molecule has 3 saturated heterocycles. The van der Waals surface area contributed by atoms with E-state index in [0.29, 0.717) is 31.4 Å². The highest BCUT2D eigenvalue weighted by Gasteiger charge is 2.27. The quantitative estimate of drug-likeness (QED) is 0.148. The number of rotatable bonds is 8. The molecule has 0 saturated carbocycles. The van der Waals surface area contributed by atoms with Crippen LogP contribution in [-0.2, 0) is 4.79 Å². The number of likely N-dealkylation sites (tertiary alicyclic amines) is 1. The van der Waals surface area contributed by atoms with E-state index in [1.54, 1.807) is 4.90 Å². The summed E-state index contributed by atoms with van der Waals surface area (Å²) in [5.41, 5.74) is 8.83. The number of amides is 3. The molecule has 3 aromatic carbocycles. The maximum Gasteiger partial charge on any atom is 0.328 e. The summed E-state index contributed by atoms with van der Waals surface area (Å²) < 4.78 is 5.73. The molecule has 11 nitrogen and oxygen atoms in total. The lowest BCUT2D eigenvalue weighted by Crippen LogP contribution is -2.49. The summed E-state index contributed by atoms with van der Waals surface area (Å²) >= 11 is 0. The molecule has 3 fully saturated rings. The molecule has 3 amide bonds. The van der Waals surface area contributed by atoms with Gasteiger partial charge in [-0.05, 0) is 128 Å². The number of anilines is 5. The number of urea groups is 1. The topological polar surface area (TPSA) is 115 Å². The largest absolute Gasteiger partial charge is 0.474 e. The number of hydrogen-bond acceptors (Lipinski definition) is 9. The van der Waals surface area contributed by atoms with Crippen molar-refractivity contribution >= 4 is 51.3 Å². The number of aromatic nitrogens is 2. The molecule has 6 heterocycles. The molecule has 4 aliphatic heterocycles. The SMILES string of the molecule is Cc1c(-c2ccc3cnc(Nc4ccc(N5CCC(CN6CCC(c7ccc(N8CCC(=O)NC8=O)cc7)CC6)CC5)cc4)cc3c2)cnc2c1NCCO2. The Morgan fingerprint density at radius 3 is 2.38 bits per heavy atom. The number of fused-ring (bicyclic) bond motifs is 2. The van der Waals surface area contributed by atoms with E-state index in [0.717, 1.165) is 102 Å². The lowest BCUT2D eigenvalue weighted by Gasteiger charge is -2.38. The summed E-state index contributed by atoms with van der Waals surface area (Å²) in [7, 11) is 0. The third-order valence-electron chi connectivity index (χ3n) is 11.9. The van der Waals surface area contributed by atoms with Gasteiger partial charge < -0.3 is 25.2 Å². The third kappa shape index (κ3) is 7.53. The van der Waals surface area contributed by atoms with Crippen LogP contribution in [0.4, 0.5) is 33.4 Å². The Morgan fingerprint density at radius 2 is 1.60 bits per heavy atom. The molecule has 0 radical (unpaired) electrons. The number of carbonyl (C=O) groups is 2. The van der Waals surface area contributed by atoms with Crippen molar-refractivity contribution in [3.8, 4) is 17.0 Å². The lowest BCUT2D eigenvalue weighted by atomic mass is 9.88. The molecule has 11 heteroatoms. The van der Waals surface area contributed by atoms with E-state index in [4.69, 9.17) is 9.72 Å². The standard InChI is InChI=1S/C44H48N8O3/c1-29-39(27-47-43-42(29)45-17-23-55-43)33-2-3-34-26-46-40(25-35(34)24-33)48-36-6-10-37(11-7-36)51-20-12-30(13-21-51)28-50-18-14-32(15-19-50)31-4-8-38(9-5-31)52-22-16-41(53)49-44(52)54/h2-11,24-27,30,32,45H,12-23,28H2,1H3,(H,46,48)(H,49,53,54). The number of benzene rings is 3. The van der Waals surface area contributed by atoms with Crippen molar-refractivity contribution in [2.24, 2.45) is 5.92 Å². The molecule has 282 valence electrons. The first kappa shape index (κ1) is 35.0. The second-order valence-corrected chi connectivity index (χ2v) is 15.4. The molecule has 5 aromatic rings. The zero-order valence-corrected chi connectivity index (χ0v) is 31.4. The van der Waals surface area contributed by atoms with Gasteiger partial charge in [0, 0.05) is 79.6 Å². The Morgan fingerprint density at radius 1 is 0.818 bits per heavy atom. The van der Waals surface area contributed by atoms with Gasteiger partial charge >= 0.3 is 6.03 Å². The van der Waals surface area contributed by atoms with Gasteiger partial charge in [-0.25, -0.2) is 14.8 Å². The first-order valence-corrected chi connectivity index (χ1v) is 19.8. The highest BCUT2D eigenvalue weighted by molar-refractivity contribution is 6.05. The first-order valence-electron chi connectivity index (χ1n) is 19.8. The van der Waals surface area contributed by atoms with E-state index in [9.17, 15) is 9.59 Å². The molecule has 3 N–H and O–H groups in total. The van der Waals surface area contributed by atoms with E-state index in [1.807, 2.05) is 24.5 Å². The van der Waals surface area contributed by atoms with E-state index >= 15 is 0 Å². The molecule has 2 aromatic heterocycles. The van der Waals surface area contributed by atoms with Crippen LogP contribution in [0.1, 0.15) is 49.1 Å². The van der Waals surface area contributed by atoms with Crippen LogP contribution in [0.3, 0.4) is 0 Å². The minimum absolute atomic E-state index is 0.204. The number of piperidine rings is 2. The van der Waals surface area contributed by atoms with E-state index < -0.39 is 0 Å². The van der Waals surface area contributed by atoms with Crippen LogP contribution in [0.2, 0.25) is 0 Å². The first-order chi connectivity index (χ1) is 26.9. The molecule has 4 aliphatic rings. The second-order valence-electron chi connectivity index (χ2n) is 15.4. The minimum Gasteiger partial charge on any atom is -0.474 e. The van der Waals surface area contributed by atoms with E-state index in [1.165, 1.54) is 30.6 Å². The summed E-state index contributed by atoms with van der Waals surface area (Å²) in [6.07, 6.45) is 8.93. The summed E-state index contributed by atoms with van der Waals surface area (Å²) in [6.45, 7) is 9.58. The van der Waals surface area contributed by atoms with Crippen LogP contribution >= 0.6 is 0 Å². The van der Waals surface area contributed by atoms with Crippen LogP contribution in [-0.4, -0.2) is 79.2 Å². The van der Waals surface area contributed by atoms with Crippen molar-refractivity contribution in [3.63, 3.8) is 0 Å². The summed E-state index contributed by atoms with van der Waals surface area (Å²) in [5.74, 6) is 2.57. The number of nitrogens with zero attached hydrogens (tertiary/aromatic N) is 5. The number of imide groups is 1. The molecule has 0 atom stereocenters. The van der Waals surface area contributed by atoms with Gasteiger partial charge in [-0.2, -0.15) is 0 Å². The maximum atomic E-state index is 12.2. The van der Waals surface area contributed by atoms with Crippen molar-refractivity contribution < 1.29 is 14.3 Å². The van der Waals surface area contributed by atoms with Crippen LogP contribution in [0.25, 0.3) is 21.9 Å². The fraction of sp³-hybridized carbons (Fsp3) is 0.364. The molecule has 0 unspecified atom stereocenters. The van der Waals surface area contributed by atoms with Crippen molar-refractivity contribution in [2.45, 2.75) is 44.9 Å². The van der Waals surface area contributed by atoms with Gasteiger partial charge in [0.15, 0.2) is 0 Å². The molecular formula is C44H48N8O3. The average molecular weight is 737 g/mol. The van der Waals surface area contributed by atoms with Crippen LogP contribution in [0, 0.1) is 12.8 Å². The fourth-order valence-corrected chi connectivity index (χ4v) is 8.72. The Balaban J connectivity index is 0.750. The Hall–Kier alpha value is -5.68. The normalized spacial score (nSPS) is 18.4. The van der Waals surface area contributed by atoms with Gasteiger partial charge in [0.05, 0.1) is 0 Å². The Kier molecular flexibility index (Phi) is 9.70. The monoisotopic (exact) mass is 736 g/mol. The molecule has 55 heavy (non-hydrogen) atoms. The molecule has 0 bridgehead atoms.